The first-order chi connectivity index (χ1) is 7.54. The molecule has 0 aromatic carbocycles. The van der Waals surface area contributed by atoms with Crippen LogP contribution in [0, 0.1) is 0 Å². The van der Waals surface area contributed by atoms with Crippen LogP contribution in [0.5, 0.6) is 0 Å². The average molecular weight is 263 g/mol. The Kier molecular flexibility index (Phi) is 5.49. The maximum absolute atomic E-state index is 6.08. The predicted octanol–water partition coefficient (Wildman–Crippen LogP) is 3.07. The molecule has 1 rings (SSSR count). The molecule has 1 aromatic heterocycles. The molecule has 3 nitrogen and oxygen atoms in total. The van der Waals surface area contributed by atoms with Gasteiger partial charge in [-0.3, -0.25) is 4.98 Å². The summed E-state index contributed by atoms with van der Waals surface area (Å²) in [6.07, 6.45) is 1.77. The smallest absolute Gasteiger partial charge is 0.0783 e. The third-order valence-electron chi connectivity index (χ3n) is 2.11. The van der Waals surface area contributed by atoms with Gasteiger partial charge in [-0.25, -0.2) is 0 Å². The Hall–Kier alpha value is -0.350. The molecule has 0 aliphatic carbocycles. The zero-order chi connectivity index (χ0) is 12.1. The highest BCUT2D eigenvalue weighted by molar-refractivity contribution is 6.34. The number of likely N-dealkylation sites (N-methyl/N-ethyl adjacent to an activating group) is 1. The van der Waals surface area contributed by atoms with Crippen LogP contribution < -0.4 is 5.32 Å². The zero-order valence-electron chi connectivity index (χ0n) is 9.63. The highest BCUT2D eigenvalue weighted by Gasteiger charge is 2.15. The second-order valence-electron chi connectivity index (χ2n) is 3.74. The molecule has 1 N–H and O–H groups in total. The molecular formula is C11H16Cl2N2O. The lowest BCUT2D eigenvalue weighted by atomic mass is 10.2. The van der Waals surface area contributed by atoms with Gasteiger partial charge in [0.25, 0.3) is 0 Å². The topological polar surface area (TPSA) is 34.1 Å². The summed E-state index contributed by atoms with van der Waals surface area (Å²) in [5.41, 5.74) is 0.759. The lowest BCUT2D eigenvalue weighted by Crippen LogP contribution is -2.24. The maximum atomic E-state index is 6.08. The monoisotopic (exact) mass is 262 g/mol. The van der Waals surface area contributed by atoms with Gasteiger partial charge >= 0.3 is 0 Å². The lowest BCUT2D eigenvalue weighted by molar-refractivity contribution is 0.0619. The van der Waals surface area contributed by atoms with E-state index in [1.807, 2.05) is 20.9 Å². The van der Waals surface area contributed by atoms with Crippen LogP contribution in [-0.4, -0.2) is 24.7 Å². The summed E-state index contributed by atoms with van der Waals surface area (Å²) in [4.78, 5) is 4.22. The van der Waals surface area contributed by atoms with Crippen LogP contribution in [0.15, 0.2) is 12.3 Å². The van der Waals surface area contributed by atoms with Gasteiger partial charge in [0.1, 0.15) is 0 Å². The van der Waals surface area contributed by atoms with Crippen LogP contribution in [0.3, 0.4) is 0 Å². The molecule has 90 valence electrons. The summed E-state index contributed by atoms with van der Waals surface area (Å²) in [6.45, 7) is 4.51. The molecule has 0 spiro atoms. The Balaban J connectivity index is 2.78. The summed E-state index contributed by atoms with van der Waals surface area (Å²) in [6, 6.07) is 1.66. The molecular weight excluding hydrogens is 247 g/mol. The van der Waals surface area contributed by atoms with Gasteiger partial charge in [-0.2, -0.15) is 0 Å². The number of aromatic nitrogens is 1. The molecule has 0 aliphatic heterocycles. The van der Waals surface area contributed by atoms with Gasteiger partial charge in [0.15, 0.2) is 0 Å². The molecule has 0 saturated carbocycles. The van der Waals surface area contributed by atoms with Crippen LogP contribution in [0.2, 0.25) is 10.0 Å². The standard InChI is InChI=1S/C11H16Cl2N2O/c1-7(2)16-6-10(14-3)11-9(13)4-8(12)5-15-11/h4-5,7,10,14H,6H2,1-3H3. The molecule has 1 unspecified atom stereocenters. The second-order valence-corrected chi connectivity index (χ2v) is 4.59. The molecule has 0 bridgehead atoms. The number of nitrogens with zero attached hydrogens (tertiary/aromatic N) is 1. The lowest BCUT2D eigenvalue weighted by Gasteiger charge is -2.18. The molecule has 16 heavy (non-hydrogen) atoms. The number of ether oxygens (including phenoxy) is 1. The Morgan fingerprint density at radius 1 is 1.44 bits per heavy atom. The minimum atomic E-state index is -0.0211. The summed E-state index contributed by atoms with van der Waals surface area (Å²) < 4.78 is 5.54. The average Bonchev–Trinajstić information content (AvgIpc) is 2.21. The van der Waals surface area contributed by atoms with E-state index < -0.39 is 0 Å². The molecule has 1 heterocycles. The van der Waals surface area contributed by atoms with Crippen molar-refractivity contribution in [2.75, 3.05) is 13.7 Å². The fourth-order valence-electron chi connectivity index (χ4n) is 1.27. The van der Waals surface area contributed by atoms with Crippen molar-refractivity contribution >= 4 is 23.2 Å². The quantitative estimate of drug-likeness (QED) is 0.886. The molecule has 0 saturated heterocycles. The van der Waals surface area contributed by atoms with E-state index in [9.17, 15) is 0 Å². The number of rotatable bonds is 5. The van der Waals surface area contributed by atoms with E-state index in [2.05, 4.69) is 10.3 Å². The van der Waals surface area contributed by atoms with E-state index in [0.29, 0.717) is 16.7 Å². The van der Waals surface area contributed by atoms with Crippen molar-refractivity contribution in [3.05, 3.63) is 28.0 Å². The SMILES string of the molecule is CNC(COC(C)C)c1ncc(Cl)cc1Cl. The highest BCUT2D eigenvalue weighted by Crippen LogP contribution is 2.24. The number of nitrogens with one attached hydrogen (secondary N) is 1. The Morgan fingerprint density at radius 3 is 2.62 bits per heavy atom. The van der Waals surface area contributed by atoms with E-state index in [1.54, 1.807) is 12.3 Å². The van der Waals surface area contributed by atoms with E-state index in [0.717, 1.165) is 5.69 Å². The predicted molar refractivity (Wildman–Crippen MR) is 67.1 cm³/mol. The minimum absolute atomic E-state index is 0.0211. The number of pyridine rings is 1. The van der Waals surface area contributed by atoms with Crippen molar-refractivity contribution < 1.29 is 4.74 Å². The van der Waals surface area contributed by atoms with Gasteiger partial charge in [-0.05, 0) is 27.0 Å². The van der Waals surface area contributed by atoms with Gasteiger partial charge in [0.05, 0.1) is 34.5 Å². The van der Waals surface area contributed by atoms with Crippen molar-refractivity contribution in [1.29, 1.82) is 0 Å². The molecule has 0 amide bonds. The van der Waals surface area contributed by atoms with Crippen molar-refractivity contribution in [1.82, 2.24) is 10.3 Å². The molecule has 1 atom stereocenters. The summed E-state index contributed by atoms with van der Waals surface area (Å²) in [5, 5.41) is 4.21. The largest absolute Gasteiger partial charge is 0.377 e. The second kappa shape index (κ2) is 6.40. The molecule has 1 aromatic rings. The van der Waals surface area contributed by atoms with E-state index in [1.165, 1.54) is 0 Å². The summed E-state index contributed by atoms with van der Waals surface area (Å²) >= 11 is 11.9. The van der Waals surface area contributed by atoms with Gasteiger partial charge in [0, 0.05) is 6.20 Å². The third-order valence-corrected chi connectivity index (χ3v) is 2.62. The Bertz CT molecular complexity index is 345. The fraction of sp³-hybridized carbons (Fsp3) is 0.545. The normalized spacial score (nSPS) is 13.1. The Labute approximate surface area is 106 Å². The van der Waals surface area contributed by atoms with Crippen molar-refractivity contribution in [3.63, 3.8) is 0 Å². The van der Waals surface area contributed by atoms with Crippen molar-refractivity contribution in [3.8, 4) is 0 Å². The molecule has 0 fully saturated rings. The first-order valence-corrected chi connectivity index (χ1v) is 5.90. The van der Waals surface area contributed by atoms with Crippen LogP contribution >= 0.6 is 23.2 Å². The van der Waals surface area contributed by atoms with Crippen LogP contribution in [0.1, 0.15) is 25.6 Å². The zero-order valence-corrected chi connectivity index (χ0v) is 11.1. The Morgan fingerprint density at radius 2 is 2.12 bits per heavy atom. The van der Waals surface area contributed by atoms with E-state index >= 15 is 0 Å². The molecule has 0 aliphatic rings. The van der Waals surface area contributed by atoms with E-state index in [4.69, 9.17) is 27.9 Å². The van der Waals surface area contributed by atoms with Crippen LogP contribution in [-0.2, 0) is 4.74 Å². The fourth-order valence-corrected chi connectivity index (χ4v) is 1.78. The van der Waals surface area contributed by atoms with Gasteiger partial charge < -0.3 is 10.1 Å². The van der Waals surface area contributed by atoms with Crippen LogP contribution in [0.4, 0.5) is 0 Å². The first-order valence-electron chi connectivity index (χ1n) is 5.14. The summed E-state index contributed by atoms with van der Waals surface area (Å²) in [5.74, 6) is 0. The highest BCUT2D eigenvalue weighted by atomic mass is 35.5. The first kappa shape index (κ1) is 13.7. The third kappa shape index (κ3) is 3.91. The number of halogens is 2. The minimum Gasteiger partial charge on any atom is -0.377 e. The van der Waals surface area contributed by atoms with Gasteiger partial charge in [-0.1, -0.05) is 23.2 Å². The van der Waals surface area contributed by atoms with Gasteiger partial charge in [-0.15, -0.1) is 0 Å². The van der Waals surface area contributed by atoms with E-state index in [-0.39, 0.29) is 12.1 Å². The summed E-state index contributed by atoms with van der Waals surface area (Å²) in [7, 11) is 1.85. The van der Waals surface area contributed by atoms with Crippen molar-refractivity contribution in [2.24, 2.45) is 0 Å². The number of hydrogen-bond acceptors (Lipinski definition) is 3. The number of hydrogen-bond donors (Lipinski definition) is 1. The molecule has 5 heteroatoms. The molecule has 0 radical (unpaired) electrons. The van der Waals surface area contributed by atoms with Gasteiger partial charge in [0.2, 0.25) is 0 Å². The maximum Gasteiger partial charge on any atom is 0.0783 e. The van der Waals surface area contributed by atoms with Crippen LogP contribution in [0.25, 0.3) is 0 Å². The van der Waals surface area contributed by atoms with Crippen molar-refractivity contribution in [2.45, 2.75) is 26.0 Å².